The lowest BCUT2D eigenvalue weighted by atomic mass is 9.74. The van der Waals surface area contributed by atoms with Gasteiger partial charge in [-0.25, -0.2) is 0 Å². The third-order valence-electron chi connectivity index (χ3n) is 6.82. The molecule has 0 saturated carbocycles. The fourth-order valence-electron chi connectivity index (χ4n) is 5.41. The summed E-state index contributed by atoms with van der Waals surface area (Å²) < 4.78 is 0. The highest BCUT2D eigenvalue weighted by atomic mass is 16.3. The first-order valence-electron chi connectivity index (χ1n) is 11.0. The predicted molar refractivity (Wildman–Crippen MR) is 125 cm³/mol. The molecule has 1 saturated heterocycles. The summed E-state index contributed by atoms with van der Waals surface area (Å²) in [5.41, 5.74) is 2.12. The zero-order valence-corrected chi connectivity index (χ0v) is 19.4. The number of nitrogens with zero attached hydrogens (tertiary/aromatic N) is 3. The van der Waals surface area contributed by atoms with Crippen molar-refractivity contribution in [2.75, 3.05) is 11.9 Å². The van der Waals surface area contributed by atoms with Gasteiger partial charge in [0, 0.05) is 24.2 Å². The molecule has 1 aliphatic carbocycles. The number of aliphatic hydroxyl groups is 1. The summed E-state index contributed by atoms with van der Waals surface area (Å²) in [4.78, 5) is 2.23. The Morgan fingerprint density at radius 3 is 2.26 bits per heavy atom. The van der Waals surface area contributed by atoms with Crippen LogP contribution in [-0.4, -0.2) is 44.6 Å². The van der Waals surface area contributed by atoms with E-state index in [2.05, 4.69) is 55.2 Å². The van der Waals surface area contributed by atoms with E-state index >= 15 is 0 Å². The van der Waals surface area contributed by atoms with Crippen molar-refractivity contribution >= 4 is 11.9 Å². The first-order valence-corrected chi connectivity index (χ1v) is 11.0. The Kier molecular flexibility index (Phi) is 5.04. The second-order valence-electron chi connectivity index (χ2n) is 10.8. The van der Waals surface area contributed by atoms with Crippen molar-refractivity contribution in [1.29, 1.82) is 0 Å². The van der Waals surface area contributed by atoms with Crippen LogP contribution in [0.4, 0.5) is 5.82 Å². The van der Waals surface area contributed by atoms with E-state index in [4.69, 9.17) is 0 Å². The maximum Gasteiger partial charge on any atom is 0.151 e. The van der Waals surface area contributed by atoms with Crippen molar-refractivity contribution in [1.82, 2.24) is 15.5 Å². The van der Waals surface area contributed by atoms with Crippen LogP contribution in [-0.2, 0) is 11.8 Å². The lowest BCUT2D eigenvalue weighted by Gasteiger charge is -2.49. The number of phenols is 1. The Morgan fingerprint density at radius 1 is 0.968 bits per heavy atom. The summed E-state index contributed by atoms with van der Waals surface area (Å²) in [6, 6.07) is 9.62. The molecule has 3 N–H and O–H groups in total. The molecule has 1 unspecified atom stereocenters. The normalized spacial score (nSPS) is 24.9. The van der Waals surface area contributed by atoms with E-state index in [0.29, 0.717) is 12.5 Å². The van der Waals surface area contributed by atoms with E-state index in [1.54, 1.807) is 18.2 Å². The average molecular weight is 423 g/mol. The third-order valence-corrected chi connectivity index (χ3v) is 6.82. The molecule has 6 heteroatoms. The molecule has 4 rings (SSSR count). The molecule has 2 aliphatic rings. The number of aromatic nitrogens is 2. The molecule has 1 aromatic carbocycles. The number of rotatable bonds is 3. The smallest absolute Gasteiger partial charge is 0.151 e. The fraction of sp³-hybridized carbons (Fsp3) is 0.520. The highest BCUT2D eigenvalue weighted by Crippen LogP contribution is 2.40. The maximum absolute atomic E-state index is 10.8. The molecule has 1 aliphatic heterocycles. The molecule has 0 amide bonds. The number of hydrogen-bond acceptors (Lipinski definition) is 6. The Hall–Kier alpha value is -2.60. The summed E-state index contributed by atoms with van der Waals surface area (Å²) in [6.07, 6.45) is 4.38. The number of nitrogens with one attached hydrogen (secondary N) is 1. The van der Waals surface area contributed by atoms with E-state index in [9.17, 15) is 10.2 Å². The summed E-state index contributed by atoms with van der Waals surface area (Å²) in [5.74, 6) is 1.28. The van der Waals surface area contributed by atoms with Crippen LogP contribution in [0, 0.1) is 0 Å². The Bertz CT molecular complexity index is 997. The van der Waals surface area contributed by atoms with Gasteiger partial charge in [0.1, 0.15) is 11.5 Å². The fourth-order valence-corrected chi connectivity index (χ4v) is 5.41. The Morgan fingerprint density at radius 2 is 1.65 bits per heavy atom. The molecular weight excluding hydrogens is 388 g/mol. The van der Waals surface area contributed by atoms with Crippen molar-refractivity contribution in [3.05, 3.63) is 52.9 Å². The second-order valence-corrected chi connectivity index (χ2v) is 10.8. The summed E-state index contributed by atoms with van der Waals surface area (Å²) in [7, 11) is 2.09. The van der Waals surface area contributed by atoms with Crippen LogP contribution < -0.4 is 10.2 Å². The predicted octanol–water partition coefficient (Wildman–Crippen LogP) is 4.34. The monoisotopic (exact) mass is 422 g/mol. The number of allylic oxidation sites excluding steroid dienone is 1. The van der Waals surface area contributed by atoms with Crippen molar-refractivity contribution < 1.29 is 10.2 Å². The zero-order chi connectivity index (χ0) is 22.6. The molecule has 0 radical (unpaired) electrons. The quantitative estimate of drug-likeness (QED) is 0.683. The topological polar surface area (TPSA) is 81.5 Å². The molecule has 2 aromatic rings. The first-order chi connectivity index (χ1) is 14.4. The molecule has 6 nitrogen and oxygen atoms in total. The molecule has 0 bridgehead atoms. The molecule has 1 fully saturated rings. The molecule has 31 heavy (non-hydrogen) atoms. The van der Waals surface area contributed by atoms with Gasteiger partial charge >= 0.3 is 0 Å². The van der Waals surface area contributed by atoms with Gasteiger partial charge in [0.15, 0.2) is 5.82 Å². The van der Waals surface area contributed by atoms with E-state index in [1.165, 1.54) is 0 Å². The highest BCUT2D eigenvalue weighted by molar-refractivity contribution is 5.64. The minimum Gasteiger partial charge on any atom is -0.511 e. The lowest BCUT2D eigenvalue weighted by molar-refractivity contribution is 0.160. The molecule has 166 valence electrons. The van der Waals surface area contributed by atoms with Gasteiger partial charge in [-0.1, -0.05) is 6.07 Å². The van der Waals surface area contributed by atoms with Crippen molar-refractivity contribution in [3.8, 4) is 5.75 Å². The SMILES string of the molecule is CN(c1ccc(C2(C)Cc3ccc(O)cc3C=C2O)nn1)C1CC(C)(C)NC(C)(C)C1. The number of phenolic OH excluding ortho intramolecular Hbond substituents is 1. The van der Waals surface area contributed by atoms with Crippen molar-refractivity contribution in [3.63, 3.8) is 0 Å². The molecule has 1 atom stereocenters. The van der Waals surface area contributed by atoms with Crippen molar-refractivity contribution in [2.24, 2.45) is 0 Å². The van der Waals surface area contributed by atoms with Gasteiger partial charge in [0.2, 0.25) is 0 Å². The summed E-state index contributed by atoms with van der Waals surface area (Å²) >= 11 is 0. The second kappa shape index (κ2) is 7.23. The van der Waals surface area contributed by atoms with E-state index in [0.717, 1.165) is 35.5 Å². The largest absolute Gasteiger partial charge is 0.511 e. The van der Waals surface area contributed by atoms with Gasteiger partial charge in [-0.2, -0.15) is 5.10 Å². The van der Waals surface area contributed by atoms with E-state index in [-0.39, 0.29) is 22.6 Å². The minimum absolute atomic E-state index is 0.0576. The molecule has 2 heterocycles. The van der Waals surface area contributed by atoms with Crippen LogP contribution in [0.5, 0.6) is 5.75 Å². The van der Waals surface area contributed by atoms with Crippen molar-refractivity contribution in [2.45, 2.75) is 76.4 Å². The zero-order valence-electron chi connectivity index (χ0n) is 19.4. The minimum atomic E-state index is -0.646. The number of aromatic hydroxyl groups is 1. The highest BCUT2D eigenvalue weighted by Gasteiger charge is 2.40. The van der Waals surface area contributed by atoms with Gasteiger partial charge in [0.25, 0.3) is 0 Å². The van der Waals surface area contributed by atoms with Crippen LogP contribution >= 0.6 is 0 Å². The summed E-state index contributed by atoms with van der Waals surface area (Å²) in [5, 5.41) is 33.4. The maximum atomic E-state index is 10.8. The number of fused-ring (bicyclic) bond motifs is 1. The van der Waals surface area contributed by atoms with Gasteiger partial charge in [-0.15, -0.1) is 5.10 Å². The van der Waals surface area contributed by atoms with Gasteiger partial charge in [-0.05, 0) is 95.3 Å². The lowest BCUT2D eigenvalue weighted by Crippen LogP contribution is -2.62. The molecule has 0 spiro atoms. The first kappa shape index (κ1) is 21.6. The standard InChI is InChI=1S/C25H34N4O2/c1-23(2)14-18(15-24(3,4)28-23)29(6)22-10-9-20(26-27-22)25(5)13-16-7-8-19(30)11-17(16)12-21(25)31/h7-12,18,28,30-31H,13-15H2,1-6H3. The van der Waals surface area contributed by atoms with Crippen LogP contribution in [0.2, 0.25) is 0 Å². The molecule has 1 aromatic heterocycles. The van der Waals surface area contributed by atoms with Crippen LogP contribution in [0.1, 0.15) is 64.3 Å². The summed E-state index contributed by atoms with van der Waals surface area (Å²) in [6.45, 7) is 11.0. The number of hydrogen-bond donors (Lipinski definition) is 3. The number of anilines is 1. The number of benzene rings is 1. The van der Waals surface area contributed by atoms with Crippen LogP contribution in [0.25, 0.3) is 6.08 Å². The third kappa shape index (κ3) is 4.13. The van der Waals surface area contributed by atoms with Gasteiger partial charge in [-0.3, -0.25) is 0 Å². The average Bonchev–Trinajstić information content (AvgIpc) is 2.66. The van der Waals surface area contributed by atoms with Gasteiger partial charge in [0.05, 0.1) is 11.1 Å². The van der Waals surface area contributed by atoms with Crippen LogP contribution in [0.3, 0.4) is 0 Å². The van der Waals surface area contributed by atoms with E-state index in [1.807, 2.05) is 25.1 Å². The number of piperidine rings is 1. The van der Waals surface area contributed by atoms with Gasteiger partial charge < -0.3 is 20.4 Å². The number of aliphatic hydroxyl groups excluding tert-OH is 1. The Balaban J connectivity index is 1.58. The Labute approximate surface area is 185 Å². The van der Waals surface area contributed by atoms with E-state index < -0.39 is 5.41 Å². The van der Waals surface area contributed by atoms with Crippen LogP contribution in [0.15, 0.2) is 36.1 Å². The molecular formula is C25H34N4O2.